The average Bonchev–Trinajstić information content (AvgIpc) is 2.08. The first kappa shape index (κ1) is 10.2. The van der Waals surface area contributed by atoms with E-state index in [1.807, 2.05) is 0 Å². The van der Waals surface area contributed by atoms with Gasteiger partial charge in [0.05, 0.1) is 5.56 Å². The van der Waals surface area contributed by atoms with Crippen molar-refractivity contribution in [1.82, 2.24) is 3.94 Å². The van der Waals surface area contributed by atoms with Crippen molar-refractivity contribution in [3.8, 4) is 0 Å². The smallest absolute Gasteiger partial charge is 0.266 e. The third-order valence-electron chi connectivity index (χ3n) is 1.34. The molecule has 0 saturated carbocycles. The Morgan fingerprint density at radius 1 is 1.31 bits per heavy atom. The summed E-state index contributed by atoms with van der Waals surface area (Å²) in [6.07, 6.45) is 0. The van der Waals surface area contributed by atoms with Crippen molar-refractivity contribution >= 4 is 29.5 Å². The lowest BCUT2D eigenvalue weighted by molar-refractivity contribution is 0.0918. The second-order valence-electron chi connectivity index (χ2n) is 2.14. The number of carbonyl (C=O) groups is 1. The molecule has 6 heteroatoms. The van der Waals surface area contributed by atoms with Crippen molar-refractivity contribution in [2.75, 3.05) is 0 Å². The van der Waals surface area contributed by atoms with Crippen molar-refractivity contribution in [2.24, 2.45) is 0 Å². The summed E-state index contributed by atoms with van der Waals surface area (Å²) in [5, 5.41) is 0. The molecule has 0 N–H and O–H groups in total. The van der Waals surface area contributed by atoms with Crippen LogP contribution in [0.3, 0.4) is 0 Å². The molecule has 0 aliphatic heterocycles. The van der Waals surface area contributed by atoms with Gasteiger partial charge in [-0.15, -0.1) is 0 Å². The van der Waals surface area contributed by atoms with Gasteiger partial charge in [0.25, 0.3) is 5.91 Å². The van der Waals surface area contributed by atoms with Gasteiger partial charge in [-0.05, 0) is 12.1 Å². The fourth-order valence-electron chi connectivity index (χ4n) is 0.760. The van der Waals surface area contributed by atoms with E-state index in [1.54, 1.807) is 0 Å². The van der Waals surface area contributed by atoms with Crippen molar-refractivity contribution < 1.29 is 13.6 Å². The molecule has 1 amide bonds. The second-order valence-corrected chi connectivity index (χ2v) is 2.99. The molecular weight excluding hydrogens is 223 g/mol. The normalized spacial score (nSPS) is 9.85. The van der Waals surface area contributed by atoms with Gasteiger partial charge in [-0.25, -0.2) is 8.78 Å². The molecular formula is C7H3Cl2F2NO. The van der Waals surface area contributed by atoms with Crippen LogP contribution in [0.1, 0.15) is 10.4 Å². The number of amides is 1. The van der Waals surface area contributed by atoms with Crippen LogP contribution < -0.4 is 0 Å². The first-order chi connectivity index (χ1) is 6.04. The van der Waals surface area contributed by atoms with E-state index in [-0.39, 0.29) is 3.94 Å². The Balaban J connectivity index is 3.15. The summed E-state index contributed by atoms with van der Waals surface area (Å²) < 4.78 is 25.6. The van der Waals surface area contributed by atoms with Crippen LogP contribution in [-0.2, 0) is 0 Å². The van der Waals surface area contributed by atoms with Gasteiger partial charge in [-0.3, -0.25) is 4.79 Å². The van der Waals surface area contributed by atoms with Crippen LogP contribution in [0.4, 0.5) is 8.78 Å². The Bertz CT molecular complexity index is 343. The van der Waals surface area contributed by atoms with Crippen LogP contribution in [0.25, 0.3) is 0 Å². The van der Waals surface area contributed by atoms with Gasteiger partial charge in [0.1, 0.15) is 0 Å². The zero-order valence-electron chi connectivity index (χ0n) is 6.10. The van der Waals surface area contributed by atoms with Crippen LogP contribution in [0.15, 0.2) is 18.2 Å². The molecule has 1 aromatic rings. The van der Waals surface area contributed by atoms with Gasteiger partial charge in [0.15, 0.2) is 11.6 Å². The minimum absolute atomic E-state index is 0.137. The highest BCUT2D eigenvalue weighted by molar-refractivity contribution is 6.43. The molecule has 13 heavy (non-hydrogen) atoms. The standard InChI is InChI=1S/C7H3Cl2F2NO/c8-12(9)7(13)4-2-1-3-5(10)6(4)11/h1-3H. The molecule has 0 fully saturated rings. The lowest BCUT2D eigenvalue weighted by atomic mass is 10.2. The molecule has 0 bridgehead atoms. The summed E-state index contributed by atoms with van der Waals surface area (Å²) in [5.41, 5.74) is -0.509. The highest BCUT2D eigenvalue weighted by Gasteiger charge is 2.18. The number of halogens is 4. The van der Waals surface area contributed by atoms with Crippen molar-refractivity contribution in [1.29, 1.82) is 0 Å². The topological polar surface area (TPSA) is 20.3 Å². The molecule has 0 aromatic heterocycles. The van der Waals surface area contributed by atoms with E-state index in [9.17, 15) is 13.6 Å². The van der Waals surface area contributed by atoms with Gasteiger partial charge in [0.2, 0.25) is 0 Å². The number of benzene rings is 1. The van der Waals surface area contributed by atoms with Crippen LogP contribution in [0.2, 0.25) is 0 Å². The molecule has 2 nitrogen and oxygen atoms in total. The fraction of sp³-hybridized carbons (Fsp3) is 0. The molecule has 0 atom stereocenters. The Hall–Kier alpha value is -0.870. The highest BCUT2D eigenvalue weighted by Crippen LogP contribution is 2.15. The van der Waals surface area contributed by atoms with Gasteiger partial charge in [-0.2, -0.15) is 3.94 Å². The van der Waals surface area contributed by atoms with E-state index in [1.165, 1.54) is 6.07 Å². The molecule has 0 spiro atoms. The Morgan fingerprint density at radius 3 is 2.46 bits per heavy atom. The Kier molecular flexibility index (Phi) is 3.06. The summed E-state index contributed by atoms with van der Waals surface area (Å²) in [6, 6.07) is 3.15. The summed E-state index contributed by atoms with van der Waals surface area (Å²) >= 11 is 10.1. The Morgan fingerprint density at radius 2 is 1.92 bits per heavy atom. The minimum Gasteiger partial charge on any atom is -0.266 e. The van der Waals surface area contributed by atoms with Crippen LogP contribution in [0.5, 0.6) is 0 Å². The van der Waals surface area contributed by atoms with E-state index in [4.69, 9.17) is 23.6 Å². The number of hydrogen-bond donors (Lipinski definition) is 0. The minimum atomic E-state index is -1.27. The zero-order valence-corrected chi connectivity index (χ0v) is 7.61. The lowest BCUT2D eigenvalue weighted by Gasteiger charge is -2.04. The highest BCUT2D eigenvalue weighted by atomic mass is 35.5. The van der Waals surface area contributed by atoms with E-state index >= 15 is 0 Å². The molecule has 0 aliphatic rings. The number of nitrogens with zero attached hydrogens (tertiary/aromatic N) is 1. The van der Waals surface area contributed by atoms with E-state index in [0.29, 0.717) is 0 Å². The molecule has 0 heterocycles. The van der Waals surface area contributed by atoms with E-state index in [2.05, 4.69) is 0 Å². The van der Waals surface area contributed by atoms with Crippen molar-refractivity contribution in [3.63, 3.8) is 0 Å². The molecule has 0 unspecified atom stereocenters. The monoisotopic (exact) mass is 225 g/mol. The fourth-order valence-corrected chi connectivity index (χ4v) is 0.942. The first-order valence-corrected chi connectivity index (χ1v) is 3.81. The summed E-state index contributed by atoms with van der Waals surface area (Å²) in [5.74, 6) is -3.40. The predicted octanol–water partition coefficient (Wildman–Crippen LogP) is 2.71. The van der Waals surface area contributed by atoms with Gasteiger partial charge in [-0.1, -0.05) is 6.07 Å². The molecule has 0 radical (unpaired) electrons. The SMILES string of the molecule is O=C(c1cccc(F)c1F)N(Cl)Cl. The molecule has 1 aromatic carbocycles. The second kappa shape index (κ2) is 3.89. The van der Waals surface area contributed by atoms with Gasteiger partial charge >= 0.3 is 0 Å². The quantitative estimate of drug-likeness (QED) is 0.674. The van der Waals surface area contributed by atoms with E-state index < -0.39 is 23.1 Å². The van der Waals surface area contributed by atoms with Crippen LogP contribution in [0, 0.1) is 11.6 Å². The third-order valence-corrected chi connectivity index (χ3v) is 1.64. The van der Waals surface area contributed by atoms with Crippen LogP contribution in [-0.4, -0.2) is 9.85 Å². The summed E-state index contributed by atoms with van der Waals surface area (Å²) in [6.45, 7) is 0. The third kappa shape index (κ3) is 2.08. The largest absolute Gasteiger partial charge is 0.286 e. The number of hydrogen-bond acceptors (Lipinski definition) is 1. The molecule has 0 aliphatic carbocycles. The molecule has 1 rings (SSSR count). The maximum Gasteiger partial charge on any atom is 0.286 e. The van der Waals surface area contributed by atoms with Gasteiger partial charge < -0.3 is 0 Å². The maximum absolute atomic E-state index is 12.9. The van der Waals surface area contributed by atoms with Crippen molar-refractivity contribution in [3.05, 3.63) is 35.4 Å². The lowest BCUT2D eigenvalue weighted by Crippen LogP contribution is -2.13. The molecule has 70 valence electrons. The number of carbonyl (C=O) groups excluding carboxylic acids is 1. The van der Waals surface area contributed by atoms with Crippen LogP contribution >= 0.6 is 23.6 Å². The molecule has 0 saturated heterocycles. The average molecular weight is 226 g/mol. The van der Waals surface area contributed by atoms with Gasteiger partial charge in [0, 0.05) is 23.6 Å². The maximum atomic E-state index is 12.9. The zero-order chi connectivity index (χ0) is 10.0. The predicted molar refractivity (Wildman–Crippen MR) is 44.2 cm³/mol. The summed E-state index contributed by atoms with van der Waals surface area (Å²) in [4.78, 5) is 11.0. The van der Waals surface area contributed by atoms with E-state index in [0.717, 1.165) is 12.1 Å². The number of rotatable bonds is 1. The Labute approximate surface area is 82.9 Å². The van der Waals surface area contributed by atoms with Crippen molar-refractivity contribution in [2.45, 2.75) is 0 Å². The summed E-state index contributed by atoms with van der Waals surface area (Å²) in [7, 11) is 0. The first-order valence-electron chi connectivity index (χ1n) is 3.14.